The average Bonchev–Trinajstić information content (AvgIpc) is 2.44. The van der Waals surface area contributed by atoms with Crippen LogP contribution in [0.5, 0.6) is 0 Å². The number of rotatable bonds is 7. The molecule has 1 fully saturated rings. The fourth-order valence-electron chi connectivity index (χ4n) is 2.88. The molecule has 1 aliphatic rings. The van der Waals surface area contributed by atoms with Gasteiger partial charge in [0.15, 0.2) is 0 Å². The highest BCUT2D eigenvalue weighted by molar-refractivity contribution is 5.80. The molecule has 0 spiro atoms. The smallest absolute Gasteiger partial charge is 0.320 e. The summed E-state index contributed by atoms with van der Waals surface area (Å²) in [5.74, 6) is -0.374. The van der Waals surface area contributed by atoms with Gasteiger partial charge in [0, 0.05) is 13.1 Å². The first-order valence-corrected chi connectivity index (χ1v) is 7.78. The third-order valence-electron chi connectivity index (χ3n) is 4.22. The van der Waals surface area contributed by atoms with E-state index in [1.165, 1.54) is 0 Å². The van der Waals surface area contributed by atoms with Crippen LogP contribution >= 0.6 is 0 Å². The number of carboxylic acid groups (broad SMARTS) is 1. The molecule has 1 heterocycles. The SMILES string of the molecule is C=C(C)CN(CC)C(=O)CN1CCC(CC)CC1C(=O)O. The van der Waals surface area contributed by atoms with Crippen molar-refractivity contribution in [3.05, 3.63) is 12.2 Å². The van der Waals surface area contributed by atoms with Gasteiger partial charge in [-0.15, -0.1) is 0 Å². The van der Waals surface area contributed by atoms with E-state index in [-0.39, 0.29) is 12.5 Å². The van der Waals surface area contributed by atoms with E-state index in [1.54, 1.807) is 4.90 Å². The van der Waals surface area contributed by atoms with Crippen molar-refractivity contribution < 1.29 is 14.7 Å². The molecule has 120 valence electrons. The molecule has 1 saturated heterocycles. The summed E-state index contributed by atoms with van der Waals surface area (Å²) in [5, 5.41) is 9.40. The van der Waals surface area contributed by atoms with Crippen LogP contribution in [0.1, 0.15) is 40.0 Å². The lowest BCUT2D eigenvalue weighted by molar-refractivity contribution is -0.147. The Morgan fingerprint density at radius 2 is 2.05 bits per heavy atom. The first kappa shape index (κ1) is 17.7. The van der Waals surface area contributed by atoms with Crippen LogP contribution in [-0.2, 0) is 9.59 Å². The van der Waals surface area contributed by atoms with Gasteiger partial charge in [-0.05, 0) is 39.2 Å². The summed E-state index contributed by atoms with van der Waals surface area (Å²) in [6, 6.07) is -0.531. The van der Waals surface area contributed by atoms with Gasteiger partial charge in [-0.25, -0.2) is 0 Å². The first-order chi connectivity index (χ1) is 9.88. The van der Waals surface area contributed by atoms with Crippen LogP contribution in [0.25, 0.3) is 0 Å². The van der Waals surface area contributed by atoms with Crippen molar-refractivity contribution in [1.82, 2.24) is 9.80 Å². The lowest BCUT2D eigenvalue weighted by atomic mass is 9.89. The number of likely N-dealkylation sites (N-methyl/N-ethyl adjacent to an activating group) is 1. The van der Waals surface area contributed by atoms with Crippen LogP contribution in [0.2, 0.25) is 0 Å². The molecule has 0 radical (unpaired) electrons. The molecule has 0 aromatic heterocycles. The summed E-state index contributed by atoms with van der Waals surface area (Å²) in [4.78, 5) is 27.3. The van der Waals surface area contributed by atoms with Crippen LogP contribution < -0.4 is 0 Å². The molecule has 0 bridgehead atoms. The Kier molecular flexibility index (Phi) is 6.89. The molecule has 1 rings (SSSR count). The zero-order valence-corrected chi connectivity index (χ0v) is 13.5. The molecule has 21 heavy (non-hydrogen) atoms. The number of carbonyl (C=O) groups excluding carboxylic acids is 1. The molecule has 1 amide bonds. The largest absolute Gasteiger partial charge is 0.480 e. The lowest BCUT2D eigenvalue weighted by Crippen LogP contribution is -2.51. The average molecular weight is 296 g/mol. The van der Waals surface area contributed by atoms with Gasteiger partial charge in [0.25, 0.3) is 0 Å². The van der Waals surface area contributed by atoms with E-state index in [2.05, 4.69) is 13.5 Å². The van der Waals surface area contributed by atoms with Gasteiger partial charge in [-0.3, -0.25) is 14.5 Å². The second kappa shape index (κ2) is 8.17. The summed E-state index contributed by atoms with van der Waals surface area (Å²) in [5.41, 5.74) is 0.935. The maximum atomic E-state index is 12.3. The molecule has 2 atom stereocenters. The summed E-state index contributed by atoms with van der Waals surface area (Å²) in [6.07, 6.45) is 2.62. The van der Waals surface area contributed by atoms with Crippen molar-refractivity contribution in [2.75, 3.05) is 26.2 Å². The van der Waals surface area contributed by atoms with Crippen LogP contribution in [0.3, 0.4) is 0 Å². The Labute approximate surface area is 127 Å². The van der Waals surface area contributed by atoms with E-state index >= 15 is 0 Å². The summed E-state index contributed by atoms with van der Waals surface area (Å²) >= 11 is 0. The molecule has 0 aromatic rings. The Morgan fingerprint density at radius 3 is 2.52 bits per heavy atom. The van der Waals surface area contributed by atoms with Crippen molar-refractivity contribution in [2.24, 2.45) is 5.92 Å². The zero-order valence-electron chi connectivity index (χ0n) is 13.5. The van der Waals surface area contributed by atoms with Crippen molar-refractivity contribution >= 4 is 11.9 Å². The van der Waals surface area contributed by atoms with E-state index in [0.29, 0.717) is 32.0 Å². The fraction of sp³-hybridized carbons (Fsp3) is 0.750. The molecule has 0 aromatic carbocycles. The third-order valence-corrected chi connectivity index (χ3v) is 4.22. The summed E-state index contributed by atoms with van der Waals surface area (Å²) in [6.45, 7) is 11.8. The predicted molar refractivity (Wildman–Crippen MR) is 83.1 cm³/mol. The second-order valence-electron chi connectivity index (χ2n) is 5.99. The number of carbonyl (C=O) groups is 2. The molecule has 2 unspecified atom stereocenters. The third kappa shape index (κ3) is 5.16. The van der Waals surface area contributed by atoms with Gasteiger partial charge in [-0.1, -0.05) is 25.5 Å². The minimum Gasteiger partial charge on any atom is -0.480 e. The van der Waals surface area contributed by atoms with Crippen LogP contribution in [-0.4, -0.2) is 59.0 Å². The standard InChI is InChI=1S/C16H28N2O3/c1-5-13-7-8-18(14(9-13)16(20)21)11-15(19)17(6-2)10-12(3)4/h13-14H,3,5-11H2,1-2,4H3,(H,20,21). The van der Waals surface area contributed by atoms with Crippen molar-refractivity contribution in [3.63, 3.8) is 0 Å². The highest BCUT2D eigenvalue weighted by Crippen LogP contribution is 2.25. The Bertz CT molecular complexity index is 395. The molecule has 5 nitrogen and oxygen atoms in total. The molecule has 5 heteroatoms. The molecule has 0 saturated carbocycles. The predicted octanol–water partition coefficient (Wildman–Crippen LogP) is 1.99. The first-order valence-electron chi connectivity index (χ1n) is 7.78. The lowest BCUT2D eigenvalue weighted by Gasteiger charge is -2.37. The topological polar surface area (TPSA) is 60.9 Å². The monoisotopic (exact) mass is 296 g/mol. The van der Waals surface area contributed by atoms with Gasteiger partial charge in [0.2, 0.25) is 5.91 Å². The minimum atomic E-state index is -0.816. The quantitative estimate of drug-likeness (QED) is 0.730. The number of hydrogen-bond acceptors (Lipinski definition) is 3. The summed E-state index contributed by atoms with van der Waals surface area (Å²) < 4.78 is 0. The van der Waals surface area contributed by atoms with Crippen LogP contribution in [0.15, 0.2) is 12.2 Å². The maximum absolute atomic E-state index is 12.3. The van der Waals surface area contributed by atoms with Crippen LogP contribution in [0.4, 0.5) is 0 Å². The van der Waals surface area contributed by atoms with Crippen molar-refractivity contribution in [3.8, 4) is 0 Å². The number of piperidine rings is 1. The van der Waals surface area contributed by atoms with Gasteiger partial charge in [0.1, 0.15) is 6.04 Å². The van der Waals surface area contributed by atoms with Gasteiger partial charge >= 0.3 is 5.97 Å². The van der Waals surface area contributed by atoms with Crippen molar-refractivity contribution in [1.29, 1.82) is 0 Å². The maximum Gasteiger partial charge on any atom is 0.320 e. The van der Waals surface area contributed by atoms with Gasteiger partial charge in [-0.2, -0.15) is 0 Å². The molecule has 1 N–H and O–H groups in total. The number of amides is 1. The molecular formula is C16H28N2O3. The minimum absolute atomic E-state index is 0.0123. The Morgan fingerprint density at radius 1 is 1.38 bits per heavy atom. The molecule has 1 aliphatic heterocycles. The Balaban J connectivity index is 2.68. The molecular weight excluding hydrogens is 268 g/mol. The fourth-order valence-corrected chi connectivity index (χ4v) is 2.88. The highest BCUT2D eigenvalue weighted by atomic mass is 16.4. The van der Waals surface area contributed by atoms with Gasteiger partial charge in [0.05, 0.1) is 6.54 Å². The van der Waals surface area contributed by atoms with E-state index in [9.17, 15) is 14.7 Å². The second-order valence-corrected chi connectivity index (χ2v) is 5.99. The van der Waals surface area contributed by atoms with E-state index in [1.807, 2.05) is 18.7 Å². The molecule has 0 aliphatic carbocycles. The number of nitrogens with zero attached hydrogens (tertiary/aromatic N) is 2. The van der Waals surface area contributed by atoms with Crippen LogP contribution in [0, 0.1) is 5.92 Å². The zero-order chi connectivity index (χ0) is 16.0. The highest BCUT2D eigenvalue weighted by Gasteiger charge is 2.34. The number of hydrogen-bond donors (Lipinski definition) is 1. The van der Waals surface area contributed by atoms with Gasteiger partial charge < -0.3 is 10.0 Å². The summed E-state index contributed by atoms with van der Waals surface area (Å²) in [7, 11) is 0. The van der Waals surface area contributed by atoms with Crippen molar-refractivity contribution in [2.45, 2.75) is 46.1 Å². The normalized spacial score (nSPS) is 22.8. The number of aliphatic carboxylic acids is 1. The van der Waals surface area contributed by atoms with E-state index < -0.39 is 12.0 Å². The van der Waals surface area contributed by atoms with E-state index in [4.69, 9.17) is 0 Å². The van der Waals surface area contributed by atoms with E-state index in [0.717, 1.165) is 18.4 Å². The Hall–Kier alpha value is -1.36. The number of carboxylic acids is 1. The number of likely N-dealkylation sites (tertiary alicyclic amines) is 1.